The first kappa shape index (κ1) is 17.6. The molecule has 1 heterocycles. The lowest BCUT2D eigenvalue weighted by Gasteiger charge is -2.36. The van der Waals surface area contributed by atoms with Crippen LogP contribution in [-0.2, 0) is 22.4 Å². The summed E-state index contributed by atoms with van der Waals surface area (Å²) in [5, 5.41) is 0. The van der Waals surface area contributed by atoms with E-state index in [-0.39, 0.29) is 29.7 Å². The minimum atomic E-state index is -0.120. The fourth-order valence-corrected chi connectivity index (χ4v) is 5.15. The van der Waals surface area contributed by atoms with Crippen molar-refractivity contribution >= 4 is 11.8 Å². The molecule has 26 heavy (non-hydrogen) atoms. The zero-order valence-corrected chi connectivity index (χ0v) is 15.8. The van der Waals surface area contributed by atoms with Gasteiger partial charge in [-0.15, -0.1) is 0 Å². The Balaban J connectivity index is 1.46. The Morgan fingerprint density at radius 3 is 2.12 bits per heavy atom. The summed E-state index contributed by atoms with van der Waals surface area (Å²) in [6, 6.07) is 8.75. The minimum absolute atomic E-state index is 0.0967. The number of nitrogens with zero attached hydrogens (tertiary/aromatic N) is 2. The second kappa shape index (κ2) is 7.42. The van der Waals surface area contributed by atoms with Gasteiger partial charge in [0.25, 0.3) is 0 Å². The van der Waals surface area contributed by atoms with Gasteiger partial charge in [-0.1, -0.05) is 37.1 Å². The normalized spacial score (nSPS) is 26.0. The maximum atomic E-state index is 13.3. The van der Waals surface area contributed by atoms with Gasteiger partial charge < -0.3 is 9.80 Å². The number of carbonyl (C=O) groups excluding carboxylic acids is 2. The third-order valence-corrected chi connectivity index (χ3v) is 6.74. The highest BCUT2D eigenvalue weighted by atomic mass is 16.2. The van der Waals surface area contributed by atoms with Crippen LogP contribution in [0.4, 0.5) is 0 Å². The molecule has 0 aromatic heterocycles. The summed E-state index contributed by atoms with van der Waals surface area (Å²) < 4.78 is 0. The number of hydrogen-bond acceptors (Lipinski definition) is 2. The highest BCUT2D eigenvalue weighted by Crippen LogP contribution is 2.35. The lowest BCUT2D eigenvalue weighted by atomic mass is 9.77. The first-order valence-electron chi connectivity index (χ1n) is 10.3. The first-order chi connectivity index (χ1) is 12.6. The van der Waals surface area contributed by atoms with E-state index in [2.05, 4.69) is 24.3 Å². The van der Waals surface area contributed by atoms with Crippen molar-refractivity contribution in [2.75, 3.05) is 20.1 Å². The van der Waals surface area contributed by atoms with E-state index in [1.54, 1.807) is 0 Å². The van der Waals surface area contributed by atoms with Crippen molar-refractivity contribution in [3.05, 3.63) is 35.4 Å². The van der Waals surface area contributed by atoms with Gasteiger partial charge in [-0.05, 0) is 49.7 Å². The molecule has 1 aromatic rings. The number of hydrogen-bond donors (Lipinski definition) is 0. The van der Waals surface area contributed by atoms with Crippen LogP contribution in [-0.4, -0.2) is 47.8 Å². The molecule has 0 spiro atoms. The summed E-state index contributed by atoms with van der Waals surface area (Å²) in [6.07, 6.45) is 7.99. The van der Waals surface area contributed by atoms with Crippen LogP contribution in [0.3, 0.4) is 0 Å². The molecule has 3 aliphatic rings. The summed E-state index contributed by atoms with van der Waals surface area (Å²) in [6.45, 7) is 1.76. The van der Waals surface area contributed by atoms with Gasteiger partial charge in [0.05, 0.1) is 0 Å². The fourth-order valence-electron chi connectivity index (χ4n) is 5.15. The van der Waals surface area contributed by atoms with Crippen LogP contribution in [0.1, 0.15) is 49.7 Å². The summed E-state index contributed by atoms with van der Waals surface area (Å²) in [5.74, 6) is 0.217. The Hall–Kier alpha value is -1.84. The highest BCUT2D eigenvalue weighted by molar-refractivity contribution is 5.88. The van der Waals surface area contributed by atoms with E-state index >= 15 is 0 Å². The molecule has 0 radical (unpaired) electrons. The Bertz CT molecular complexity index is 655. The molecule has 2 atom stereocenters. The summed E-state index contributed by atoms with van der Waals surface area (Å²) in [4.78, 5) is 30.3. The van der Waals surface area contributed by atoms with Crippen molar-refractivity contribution in [3.63, 3.8) is 0 Å². The fraction of sp³-hybridized carbons (Fsp3) is 0.636. The van der Waals surface area contributed by atoms with E-state index in [1.807, 2.05) is 16.8 Å². The number of likely N-dealkylation sites (N-methyl/N-ethyl adjacent to an activating group) is 1. The van der Waals surface area contributed by atoms with E-state index in [0.29, 0.717) is 0 Å². The Morgan fingerprint density at radius 2 is 1.50 bits per heavy atom. The highest BCUT2D eigenvalue weighted by Gasteiger charge is 2.41. The SMILES string of the molecule is CN(C(=O)[C@@H]1CCCC[C@@H]1C(=O)N1CCCC1)C1Cc2ccccc2C1. The molecule has 4 rings (SSSR count). The van der Waals surface area contributed by atoms with Gasteiger partial charge in [-0.25, -0.2) is 0 Å². The lowest BCUT2D eigenvalue weighted by molar-refractivity contribution is -0.148. The van der Waals surface area contributed by atoms with Crippen molar-refractivity contribution in [2.24, 2.45) is 11.8 Å². The van der Waals surface area contributed by atoms with Crippen LogP contribution >= 0.6 is 0 Å². The van der Waals surface area contributed by atoms with Crippen LogP contribution in [0.15, 0.2) is 24.3 Å². The molecule has 2 aliphatic carbocycles. The Kier molecular flexibility index (Phi) is 5.01. The number of benzene rings is 1. The summed E-state index contributed by atoms with van der Waals surface area (Å²) in [7, 11) is 1.95. The standard InChI is InChI=1S/C22H30N2O2/c1-23(18-14-16-8-2-3-9-17(16)15-18)21(25)19-10-4-5-11-20(19)22(26)24-12-6-7-13-24/h2-3,8-9,18-20H,4-7,10-15H2,1H3/t19-,20+/m1/s1. The number of rotatable bonds is 3. The smallest absolute Gasteiger partial charge is 0.226 e. The maximum absolute atomic E-state index is 13.3. The number of fused-ring (bicyclic) bond motifs is 1. The molecule has 0 unspecified atom stereocenters. The average Bonchev–Trinajstić information content (AvgIpc) is 3.35. The molecule has 4 heteroatoms. The van der Waals surface area contributed by atoms with E-state index < -0.39 is 0 Å². The quantitative estimate of drug-likeness (QED) is 0.837. The topological polar surface area (TPSA) is 40.6 Å². The van der Waals surface area contributed by atoms with Crippen molar-refractivity contribution < 1.29 is 9.59 Å². The zero-order valence-electron chi connectivity index (χ0n) is 15.8. The van der Waals surface area contributed by atoms with Gasteiger partial charge in [0.1, 0.15) is 0 Å². The van der Waals surface area contributed by atoms with Gasteiger partial charge in [0.15, 0.2) is 0 Å². The average molecular weight is 354 g/mol. The molecule has 2 fully saturated rings. The number of carbonyl (C=O) groups is 2. The Morgan fingerprint density at radius 1 is 0.923 bits per heavy atom. The third kappa shape index (κ3) is 3.26. The van der Waals surface area contributed by atoms with Crippen LogP contribution < -0.4 is 0 Å². The lowest BCUT2D eigenvalue weighted by Crippen LogP contribution is -2.48. The molecular formula is C22H30N2O2. The van der Waals surface area contributed by atoms with E-state index in [4.69, 9.17) is 0 Å². The van der Waals surface area contributed by atoms with Gasteiger partial charge in [0, 0.05) is 38.0 Å². The van der Waals surface area contributed by atoms with Gasteiger partial charge in [-0.3, -0.25) is 9.59 Å². The molecule has 1 saturated carbocycles. The van der Waals surface area contributed by atoms with E-state index in [1.165, 1.54) is 11.1 Å². The Labute approximate surface area is 156 Å². The molecule has 0 N–H and O–H groups in total. The van der Waals surface area contributed by atoms with Crippen molar-refractivity contribution in [3.8, 4) is 0 Å². The predicted molar refractivity (Wildman–Crippen MR) is 102 cm³/mol. The largest absolute Gasteiger partial charge is 0.342 e. The van der Waals surface area contributed by atoms with Gasteiger partial charge in [0.2, 0.25) is 11.8 Å². The van der Waals surface area contributed by atoms with Crippen LogP contribution in [0.25, 0.3) is 0 Å². The molecule has 4 nitrogen and oxygen atoms in total. The molecule has 140 valence electrons. The first-order valence-corrected chi connectivity index (χ1v) is 10.3. The monoisotopic (exact) mass is 354 g/mol. The van der Waals surface area contributed by atoms with Crippen LogP contribution in [0.5, 0.6) is 0 Å². The zero-order chi connectivity index (χ0) is 18.1. The summed E-state index contributed by atoms with van der Waals surface area (Å²) in [5.41, 5.74) is 2.73. The second-order valence-electron chi connectivity index (χ2n) is 8.31. The summed E-state index contributed by atoms with van der Waals surface area (Å²) >= 11 is 0. The number of likely N-dealkylation sites (tertiary alicyclic amines) is 1. The molecular weight excluding hydrogens is 324 g/mol. The predicted octanol–water partition coefficient (Wildman–Crippen LogP) is 3.04. The van der Waals surface area contributed by atoms with Crippen molar-refractivity contribution in [1.29, 1.82) is 0 Å². The maximum Gasteiger partial charge on any atom is 0.226 e. The van der Waals surface area contributed by atoms with E-state index in [9.17, 15) is 9.59 Å². The van der Waals surface area contributed by atoms with Crippen LogP contribution in [0, 0.1) is 11.8 Å². The van der Waals surface area contributed by atoms with Gasteiger partial charge >= 0.3 is 0 Å². The van der Waals surface area contributed by atoms with Gasteiger partial charge in [-0.2, -0.15) is 0 Å². The van der Waals surface area contributed by atoms with Crippen molar-refractivity contribution in [2.45, 2.75) is 57.4 Å². The second-order valence-corrected chi connectivity index (χ2v) is 8.31. The van der Waals surface area contributed by atoms with Crippen molar-refractivity contribution in [1.82, 2.24) is 9.80 Å². The van der Waals surface area contributed by atoms with Crippen LogP contribution in [0.2, 0.25) is 0 Å². The molecule has 1 saturated heterocycles. The number of amides is 2. The molecule has 0 bridgehead atoms. The minimum Gasteiger partial charge on any atom is -0.342 e. The molecule has 1 aromatic carbocycles. The molecule has 2 amide bonds. The van der Waals surface area contributed by atoms with E-state index in [0.717, 1.165) is 64.5 Å². The third-order valence-electron chi connectivity index (χ3n) is 6.74. The molecule has 1 aliphatic heterocycles.